The van der Waals surface area contributed by atoms with Crippen LogP contribution in [0.15, 0.2) is 39.6 Å². The standard InChI is InChI=1S/C23H27N3O2S2/c1-14-5-6-17(4)19(10-14)26-22(28)21-18(7-8-29-21)24-23(26)30-13-20(27)25-11-15(2)9-16(3)12-25/h5-8,10,15-16H,9,11-13H2,1-4H3/t15-,16+. The molecule has 0 spiro atoms. The van der Waals surface area contributed by atoms with Crippen LogP contribution in [0.4, 0.5) is 0 Å². The molecule has 2 atom stereocenters. The number of nitrogens with zero attached hydrogens (tertiary/aromatic N) is 3. The van der Waals surface area contributed by atoms with E-state index in [0.717, 1.165) is 29.9 Å². The van der Waals surface area contributed by atoms with Crippen molar-refractivity contribution < 1.29 is 4.79 Å². The molecular formula is C23H27N3O2S2. The SMILES string of the molecule is Cc1ccc(C)c(-n2c(SCC(=O)N3C[C@H](C)C[C@H](C)C3)nc3ccsc3c2=O)c1. The molecule has 3 aromatic rings. The highest BCUT2D eigenvalue weighted by Gasteiger charge is 2.26. The van der Waals surface area contributed by atoms with Crippen LogP contribution in [0.5, 0.6) is 0 Å². The summed E-state index contributed by atoms with van der Waals surface area (Å²) < 4.78 is 2.32. The molecule has 1 amide bonds. The van der Waals surface area contributed by atoms with E-state index in [4.69, 9.17) is 4.98 Å². The summed E-state index contributed by atoms with van der Waals surface area (Å²) in [6.07, 6.45) is 1.17. The first-order valence-corrected chi connectivity index (χ1v) is 12.2. The Bertz CT molecular complexity index is 1140. The van der Waals surface area contributed by atoms with Gasteiger partial charge in [0.2, 0.25) is 5.91 Å². The smallest absolute Gasteiger partial charge is 0.276 e. The fraction of sp³-hybridized carbons (Fsp3) is 0.435. The topological polar surface area (TPSA) is 55.2 Å². The van der Waals surface area contributed by atoms with E-state index in [-0.39, 0.29) is 17.2 Å². The van der Waals surface area contributed by atoms with Gasteiger partial charge in [-0.25, -0.2) is 4.98 Å². The first-order chi connectivity index (χ1) is 14.3. The molecular weight excluding hydrogens is 414 g/mol. The zero-order valence-electron chi connectivity index (χ0n) is 17.8. The number of rotatable bonds is 4. The van der Waals surface area contributed by atoms with Crippen LogP contribution in [-0.2, 0) is 4.79 Å². The van der Waals surface area contributed by atoms with Crippen molar-refractivity contribution in [3.8, 4) is 5.69 Å². The van der Waals surface area contributed by atoms with Gasteiger partial charge in [-0.05, 0) is 60.7 Å². The zero-order valence-corrected chi connectivity index (χ0v) is 19.5. The molecule has 1 aliphatic heterocycles. The van der Waals surface area contributed by atoms with Crippen molar-refractivity contribution in [1.29, 1.82) is 0 Å². The fourth-order valence-electron chi connectivity index (χ4n) is 4.25. The second-order valence-corrected chi connectivity index (χ2v) is 10.4. The highest BCUT2D eigenvalue weighted by atomic mass is 32.2. The third-order valence-electron chi connectivity index (χ3n) is 5.60. The number of fused-ring (bicyclic) bond motifs is 1. The molecule has 0 radical (unpaired) electrons. The normalized spacial score (nSPS) is 19.4. The van der Waals surface area contributed by atoms with Gasteiger partial charge in [-0.15, -0.1) is 11.3 Å². The number of amides is 1. The number of thiophene rings is 1. The van der Waals surface area contributed by atoms with Crippen molar-refractivity contribution in [2.75, 3.05) is 18.8 Å². The van der Waals surface area contributed by atoms with E-state index >= 15 is 0 Å². The number of carbonyl (C=O) groups excluding carboxylic acids is 1. The predicted molar refractivity (Wildman–Crippen MR) is 125 cm³/mol. The Morgan fingerprint density at radius 2 is 1.93 bits per heavy atom. The lowest BCUT2D eigenvalue weighted by molar-refractivity contribution is -0.130. The summed E-state index contributed by atoms with van der Waals surface area (Å²) in [4.78, 5) is 33.0. The third-order valence-corrected chi connectivity index (χ3v) is 7.42. The van der Waals surface area contributed by atoms with Crippen molar-refractivity contribution in [2.45, 2.75) is 39.3 Å². The lowest BCUT2D eigenvalue weighted by Crippen LogP contribution is -2.43. The summed E-state index contributed by atoms with van der Waals surface area (Å²) in [7, 11) is 0. The fourth-order valence-corrected chi connectivity index (χ4v) is 5.91. The van der Waals surface area contributed by atoms with Crippen LogP contribution in [0.25, 0.3) is 15.9 Å². The lowest BCUT2D eigenvalue weighted by Gasteiger charge is -2.35. The molecule has 1 aliphatic rings. The van der Waals surface area contributed by atoms with E-state index in [0.29, 0.717) is 27.2 Å². The maximum absolute atomic E-state index is 13.3. The quantitative estimate of drug-likeness (QED) is 0.436. The minimum Gasteiger partial charge on any atom is -0.341 e. The summed E-state index contributed by atoms with van der Waals surface area (Å²) in [5, 5.41) is 2.47. The van der Waals surface area contributed by atoms with Crippen LogP contribution in [0.3, 0.4) is 0 Å². The minimum atomic E-state index is -0.0705. The second-order valence-electron chi connectivity index (χ2n) is 8.49. The molecule has 1 fully saturated rings. The van der Waals surface area contributed by atoms with E-state index in [1.54, 1.807) is 4.57 Å². The van der Waals surface area contributed by atoms with Gasteiger partial charge in [-0.2, -0.15) is 0 Å². The van der Waals surface area contributed by atoms with Crippen LogP contribution in [0.2, 0.25) is 0 Å². The number of thioether (sulfide) groups is 1. The average Bonchev–Trinajstić information content (AvgIpc) is 3.16. The Labute approximate surface area is 185 Å². The van der Waals surface area contributed by atoms with Gasteiger partial charge in [0.15, 0.2) is 5.16 Å². The first kappa shape index (κ1) is 21.1. The van der Waals surface area contributed by atoms with Gasteiger partial charge in [0.25, 0.3) is 5.56 Å². The van der Waals surface area contributed by atoms with Gasteiger partial charge in [0.05, 0.1) is 17.0 Å². The maximum Gasteiger partial charge on any atom is 0.276 e. The van der Waals surface area contributed by atoms with Gasteiger partial charge < -0.3 is 4.90 Å². The molecule has 30 heavy (non-hydrogen) atoms. The minimum absolute atomic E-state index is 0.0705. The molecule has 2 aromatic heterocycles. The Morgan fingerprint density at radius 1 is 1.20 bits per heavy atom. The van der Waals surface area contributed by atoms with E-state index in [1.807, 2.05) is 48.4 Å². The van der Waals surface area contributed by atoms with Gasteiger partial charge in [-0.3, -0.25) is 14.2 Å². The van der Waals surface area contributed by atoms with Crippen molar-refractivity contribution in [3.05, 3.63) is 51.1 Å². The molecule has 0 bridgehead atoms. The van der Waals surface area contributed by atoms with E-state index < -0.39 is 0 Å². The number of aromatic nitrogens is 2. The van der Waals surface area contributed by atoms with Gasteiger partial charge in [0, 0.05) is 13.1 Å². The first-order valence-electron chi connectivity index (χ1n) is 10.3. The van der Waals surface area contributed by atoms with Gasteiger partial charge in [-0.1, -0.05) is 37.7 Å². The number of carbonyl (C=O) groups is 1. The van der Waals surface area contributed by atoms with E-state index in [9.17, 15) is 9.59 Å². The zero-order chi connectivity index (χ0) is 21.4. The van der Waals surface area contributed by atoms with Gasteiger partial charge in [0.1, 0.15) is 4.70 Å². The molecule has 7 heteroatoms. The number of benzene rings is 1. The number of aryl methyl sites for hydroxylation is 2. The molecule has 4 rings (SSSR count). The number of likely N-dealkylation sites (tertiary alicyclic amines) is 1. The van der Waals surface area contributed by atoms with E-state index in [1.165, 1.54) is 29.5 Å². The number of piperidine rings is 1. The molecule has 0 unspecified atom stereocenters. The Kier molecular flexibility index (Phi) is 6.02. The van der Waals surface area contributed by atoms with Crippen LogP contribution in [0, 0.1) is 25.7 Å². The molecule has 5 nitrogen and oxygen atoms in total. The molecule has 3 heterocycles. The number of hydrogen-bond donors (Lipinski definition) is 0. The Balaban J connectivity index is 1.69. The second kappa shape index (κ2) is 8.55. The largest absolute Gasteiger partial charge is 0.341 e. The van der Waals surface area contributed by atoms with Crippen molar-refractivity contribution in [3.63, 3.8) is 0 Å². The van der Waals surface area contributed by atoms with Crippen molar-refractivity contribution in [2.24, 2.45) is 11.8 Å². The molecule has 158 valence electrons. The van der Waals surface area contributed by atoms with Crippen LogP contribution in [-0.4, -0.2) is 39.2 Å². The highest BCUT2D eigenvalue weighted by molar-refractivity contribution is 7.99. The van der Waals surface area contributed by atoms with Crippen LogP contribution < -0.4 is 5.56 Å². The lowest BCUT2D eigenvalue weighted by atomic mass is 9.92. The summed E-state index contributed by atoms with van der Waals surface area (Å²) in [5.74, 6) is 1.45. The van der Waals surface area contributed by atoms with Crippen molar-refractivity contribution >= 4 is 39.2 Å². The Hall–Kier alpha value is -2.12. The molecule has 1 saturated heterocycles. The Morgan fingerprint density at radius 3 is 2.67 bits per heavy atom. The molecule has 0 N–H and O–H groups in total. The van der Waals surface area contributed by atoms with Crippen LogP contribution >= 0.6 is 23.1 Å². The number of hydrogen-bond acceptors (Lipinski definition) is 5. The third kappa shape index (κ3) is 4.18. The van der Waals surface area contributed by atoms with Gasteiger partial charge >= 0.3 is 0 Å². The summed E-state index contributed by atoms with van der Waals surface area (Å²) in [6, 6.07) is 7.94. The van der Waals surface area contributed by atoms with Crippen molar-refractivity contribution in [1.82, 2.24) is 14.5 Å². The van der Waals surface area contributed by atoms with Crippen LogP contribution in [0.1, 0.15) is 31.4 Å². The molecule has 0 aliphatic carbocycles. The average molecular weight is 442 g/mol. The predicted octanol–water partition coefficient (Wildman–Crippen LogP) is 4.66. The highest BCUT2D eigenvalue weighted by Crippen LogP contribution is 2.27. The molecule has 0 saturated carbocycles. The maximum atomic E-state index is 13.3. The summed E-state index contributed by atoms with van der Waals surface area (Å²) in [5.41, 5.74) is 3.54. The molecule has 1 aromatic carbocycles. The summed E-state index contributed by atoms with van der Waals surface area (Å²) >= 11 is 2.77. The van der Waals surface area contributed by atoms with E-state index in [2.05, 4.69) is 13.8 Å². The monoisotopic (exact) mass is 441 g/mol. The summed E-state index contributed by atoms with van der Waals surface area (Å²) in [6.45, 7) is 10.0.